The van der Waals surface area contributed by atoms with Gasteiger partial charge in [0, 0.05) is 18.5 Å². The fraction of sp³-hybridized carbons (Fsp3) is 0.318. The average molecular weight is 333 g/mol. The molecule has 3 heteroatoms. The van der Waals surface area contributed by atoms with E-state index in [1.54, 1.807) is 0 Å². The van der Waals surface area contributed by atoms with Crippen LogP contribution in [0.5, 0.6) is 0 Å². The summed E-state index contributed by atoms with van der Waals surface area (Å²) in [5.41, 5.74) is 4.83. The van der Waals surface area contributed by atoms with E-state index in [-0.39, 0.29) is 11.9 Å². The Labute approximate surface area is 148 Å². The first-order valence-electron chi connectivity index (χ1n) is 9.02. The number of nitrogens with zero attached hydrogens (tertiary/aromatic N) is 1. The van der Waals surface area contributed by atoms with Crippen LogP contribution in [0.3, 0.4) is 0 Å². The molecule has 0 spiro atoms. The van der Waals surface area contributed by atoms with E-state index in [0.717, 1.165) is 31.4 Å². The molecular weight excluding hydrogens is 310 g/mol. The molecule has 0 radical (unpaired) electrons. The van der Waals surface area contributed by atoms with Gasteiger partial charge in [0.05, 0.1) is 19.3 Å². The normalized spacial score (nSPS) is 19.9. The Morgan fingerprint density at radius 3 is 2.64 bits per heavy atom. The fourth-order valence-electron chi connectivity index (χ4n) is 3.86. The molecular formula is C22H23NO2. The van der Waals surface area contributed by atoms with Crippen molar-refractivity contribution in [1.29, 1.82) is 0 Å². The molecule has 128 valence electrons. The highest BCUT2D eigenvalue weighted by atomic mass is 16.5. The number of amides is 1. The van der Waals surface area contributed by atoms with Gasteiger partial charge in [-0.1, -0.05) is 60.7 Å². The van der Waals surface area contributed by atoms with Crippen LogP contribution < -0.4 is 0 Å². The van der Waals surface area contributed by atoms with Crippen LogP contribution in [0.25, 0.3) is 0 Å². The molecule has 0 unspecified atom stereocenters. The van der Waals surface area contributed by atoms with E-state index >= 15 is 0 Å². The zero-order chi connectivity index (χ0) is 17.1. The number of rotatable bonds is 3. The van der Waals surface area contributed by atoms with Gasteiger partial charge in [-0.15, -0.1) is 0 Å². The maximum Gasteiger partial charge on any atom is 0.250 e. The summed E-state index contributed by atoms with van der Waals surface area (Å²) >= 11 is 0. The van der Waals surface area contributed by atoms with Crippen LogP contribution in [0, 0.1) is 0 Å². The third-order valence-corrected chi connectivity index (χ3v) is 5.18. The summed E-state index contributed by atoms with van der Waals surface area (Å²) in [6.07, 6.45) is 4.45. The largest absolute Gasteiger partial charge is 0.377 e. The molecule has 2 aliphatic rings. The molecule has 3 nitrogen and oxygen atoms in total. The third-order valence-electron chi connectivity index (χ3n) is 5.18. The van der Waals surface area contributed by atoms with Crippen molar-refractivity contribution >= 4 is 5.91 Å². The van der Waals surface area contributed by atoms with Crippen LogP contribution in [-0.4, -0.2) is 30.6 Å². The van der Waals surface area contributed by atoms with Crippen LogP contribution >= 0.6 is 0 Å². The lowest BCUT2D eigenvalue weighted by molar-refractivity contribution is -0.130. The summed E-state index contributed by atoms with van der Waals surface area (Å²) in [6.45, 7) is 1.98. The Hall–Kier alpha value is -2.39. The summed E-state index contributed by atoms with van der Waals surface area (Å²) < 4.78 is 5.37. The van der Waals surface area contributed by atoms with Gasteiger partial charge in [-0.2, -0.15) is 0 Å². The first-order chi connectivity index (χ1) is 12.3. The van der Waals surface area contributed by atoms with E-state index in [2.05, 4.69) is 53.4 Å². The molecule has 2 aromatic rings. The van der Waals surface area contributed by atoms with Crippen molar-refractivity contribution in [1.82, 2.24) is 4.90 Å². The zero-order valence-electron chi connectivity index (χ0n) is 14.4. The molecule has 0 aliphatic carbocycles. The summed E-state index contributed by atoms with van der Waals surface area (Å²) in [6, 6.07) is 19.1. The molecule has 0 saturated carbocycles. The Bertz CT molecular complexity index is 782. The van der Waals surface area contributed by atoms with E-state index < -0.39 is 0 Å². The molecule has 2 heterocycles. The third kappa shape index (κ3) is 3.38. The zero-order valence-corrected chi connectivity index (χ0v) is 14.4. The smallest absolute Gasteiger partial charge is 0.250 e. The summed E-state index contributed by atoms with van der Waals surface area (Å²) in [5.74, 6) is 0.179. The maximum atomic E-state index is 13.2. The van der Waals surface area contributed by atoms with Gasteiger partial charge in [-0.25, -0.2) is 0 Å². The second kappa shape index (κ2) is 7.24. The fourth-order valence-corrected chi connectivity index (χ4v) is 3.86. The minimum Gasteiger partial charge on any atom is -0.377 e. The van der Waals surface area contributed by atoms with Crippen LogP contribution in [0.2, 0.25) is 0 Å². The van der Waals surface area contributed by atoms with E-state index in [9.17, 15) is 4.79 Å². The number of hydrogen-bond acceptors (Lipinski definition) is 2. The maximum absolute atomic E-state index is 13.2. The highest BCUT2D eigenvalue weighted by molar-refractivity contribution is 5.94. The van der Waals surface area contributed by atoms with Gasteiger partial charge in [-0.3, -0.25) is 4.79 Å². The number of ether oxygens (including phenoxy) is 1. The molecule has 2 aromatic carbocycles. The summed E-state index contributed by atoms with van der Waals surface area (Å²) in [7, 11) is 0. The summed E-state index contributed by atoms with van der Waals surface area (Å²) in [5, 5.41) is 0. The molecule has 4 rings (SSSR count). The van der Waals surface area contributed by atoms with E-state index in [4.69, 9.17) is 4.74 Å². The first-order valence-corrected chi connectivity index (χ1v) is 9.02. The molecule has 0 fully saturated rings. The second-order valence-corrected chi connectivity index (χ2v) is 6.71. The van der Waals surface area contributed by atoms with Crippen LogP contribution in [0.15, 0.2) is 66.2 Å². The second-order valence-electron chi connectivity index (χ2n) is 6.71. The lowest BCUT2D eigenvalue weighted by Gasteiger charge is -2.38. The van der Waals surface area contributed by atoms with Crippen molar-refractivity contribution in [2.45, 2.75) is 25.3 Å². The number of benzene rings is 2. The Morgan fingerprint density at radius 2 is 1.84 bits per heavy atom. The van der Waals surface area contributed by atoms with Crippen LogP contribution in [0.1, 0.15) is 29.2 Å². The number of carbonyl (C=O) groups excluding carboxylic acids is 1. The lowest BCUT2D eigenvalue weighted by atomic mass is 9.88. The van der Waals surface area contributed by atoms with Gasteiger partial charge >= 0.3 is 0 Å². The number of carbonyl (C=O) groups is 1. The standard InChI is InChI=1S/C22H23NO2/c24-22(19-11-14-25-15-12-19)23-13-10-18-8-4-5-9-20(18)21(23)16-17-6-2-1-3-7-17/h1-9,11,21H,10,12-16H2/t21-/m0/s1. The monoisotopic (exact) mass is 333 g/mol. The van der Waals surface area contributed by atoms with Gasteiger partial charge in [0.15, 0.2) is 0 Å². The first kappa shape index (κ1) is 16.1. The Balaban J connectivity index is 1.67. The molecule has 0 bridgehead atoms. The molecule has 2 aliphatic heterocycles. The Morgan fingerprint density at radius 1 is 1.04 bits per heavy atom. The minimum atomic E-state index is 0.101. The molecule has 1 amide bonds. The predicted octanol–water partition coefficient (Wildman–Crippen LogP) is 3.70. The van der Waals surface area contributed by atoms with Crippen molar-refractivity contribution in [3.63, 3.8) is 0 Å². The minimum absolute atomic E-state index is 0.101. The van der Waals surface area contributed by atoms with Gasteiger partial charge in [-0.05, 0) is 29.5 Å². The van der Waals surface area contributed by atoms with Gasteiger partial charge < -0.3 is 9.64 Å². The quantitative estimate of drug-likeness (QED) is 0.857. The topological polar surface area (TPSA) is 29.5 Å². The van der Waals surface area contributed by atoms with Crippen molar-refractivity contribution in [3.05, 3.63) is 82.9 Å². The van der Waals surface area contributed by atoms with Gasteiger partial charge in [0.2, 0.25) is 5.91 Å². The number of hydrogen-bond donors (Lipinski definition) is 0. The number of fused-ring (bicyclic) bond motifs is 1. The molecule has 0 N–H and O–H groups in total. The molecule has 25 heavy (non-hydrogen) atoms. The summed E-state index contributed by atoms with van der Waals surface area (Å²) in [4.78, 5) is 15.2. The van der Waals surface area contributed by atoms with Crippen molar-refractivity contribution in [2.24, 2.45) is 0 Å². The van der Waals surface area contributed by atoms with Gasteiger partial charge in [0.25, 0.3) is 0 Å². The average Bonchev–Trinajstić information content (AvgIpc) is 2.69. The Kier molecular flexibility index (Phi) is 4.66. The lowest BCUT2D eigenvalue weighted by Crippen LogP contribution is -2.42. The molecule has 0 saturated heterocycles. The van der Waals surface area contributed by atoms with Crippen molar-refractivity contribution in [2.75, 3.05) is 19.8 Å². The van der Waals surface area contributed by atoms with Gasteiger partial charge in [0.1, 0.15) is 0 Å². The van der Waals surface area contributed by atoms with E-state index in [1.807, 2.05) is 12.1 Å². The highest BCUT2D eigenvalue weighted by Crippen LogP contribution is 2.34. The van der Waals surface area contributed by atoms with E-state index in [1.165, 1.54) is 16.7 Å². The van der Waals surface area contributed by atoms with Crippen molar-refractivity contribution < 1.29 is 9.53 Å². The van der Waals surface area contributed by atoms with E-state index in [0.29, 0.717) is 13.2 Å². The van der Waals surface area contributed by atoms with Crippen molar-refractivity contribution in [3.8, 4) is 0 Å². The molecule has 1 atom stereocenters. The SMILES string of the molecule is O=C(C1=CCOCC1)N1CCc2ccccc2[C@@H]1Cc1ccccc1. The van der Waals surface area contributed by atoms with Crippen LogP contribution in [-0.2, 0) is 22.4 Å². The predicted molar refractivity (Wildman–Crippen MR) is 98.3 cm³/mol. The highest BCUT2D eigenvalue weighted by Gasteiger charge is 2.32. The van der Waals surface area contributed by atoms with Crippen LogP contribution in [0.4, 0.5) is 0 Å². The molecule has 0 aromatic heterocycles.